The van der Waals surface area contributed by atoms with Gasteiger partial charge in [-0.05, 0) is 53.1 Å². The van der Waals surface area contributed by atoms with Crippen LogP contribution in [0.3, 0.4) is 0 Å². The van der Waals surface area contributed by atoms with E-state index in [0.717, 1.165) is 16.7 Å². The molecule has 0 saturated heterocycles. The van der Waals surface area contributed by atoms with Gasteiger partial charge in [-0.3, -0.25) is 0 Å². The molecule has 0 atom stereocenters. The number of nitrogens with zero attached hydrogens (tertiary/aromatic N) is 1. The van der Waals surface area contributed by atoms with Gasteiger partial charge in [-0.2, -0.15) is 5.26 Å². The van der Waals surface area contributed by atoms with Crippen LogP contribution in [-0.4, -0.2) is 13.1 Å². The lowest BCUT2D eigenvalue weighted by Gasteiger charge is -2.07. The third kappa shape index (κ3) is 4.15. The van der Waals surface area contributed by atoms with Crippen molar-refractivity contribution in [3.8, 4) is 22.9 Å². The van der Waals surface area contributed by atoms with Crippen molar-refractivity contribution in [3.63, 3.8) is 0 Å². The van der Waals surface area contributed by atoms with Gasteiger partial charge in [0.2, 0.25) is 0 Å². The van der Waals surface area contributed by atoms with Crippen molar-refractivity contribution in [2.24, 2.45) is 0 Å². The lowest BCUT2D eigenvalue weighted by atomic mass is 10.0. The molecule has 0 fully saturated rings. The molecule has 0 N–H and O–H groups in total. The molecule has 3 aromatic carbocycles. The highest BCUT2D eigenvalue weighted by atomic mass is 16.5. The van der Waals surface area contributed by atoms with Crippen LogP contribution in [0.1, 0.15) is 21.5 Å². The predicted molar refractivity (Wildman–Crippen MR) is 98.7 cm³/mol. The first-order valence-electron chi connectivity index (χ1n) is 8.10. The second-order valence-electron chi connectivity index (χ2n) is 5.74. The summed E-state index contributed by atoms with van der Waals surface area (Å²) in [6.07, 6.45) is 0. The molecule has 0 unspecified atom stereocenters. The molecule has 128 valence electrons. The van der Waals surface area contributed by atoms with Gasteiger partial charge in [0.05, 0.1) is 23.8 Å². The molecular weight excluding hydrogens is 326 g/mol. The second kappa shape index (κ2) is 8.11. The van der Waals surface area contributed by atoms with Crippen molar-refractivity contribution < 1.29 is 14.3 Å². The van der Waals surface area contributed by atoms with E-state index in [1.807, 2.05) is 30.3 Å². The fourth-order valence-electron chi connectivity index (χ4n) is 2.57. The zero-order valence-corrected chi connectivity index (χ0v) is 14.3. The number of rotatable bonds is 5. The summed E-state index contributed by atoms with van der Waals surface area (Å²) >= 11 is 0. The van der Waals surface area contributed by atoms with Gasteiger partial charge in [0.25, 0.3) is 0 Å². The number of ether oxygens (including phenoxy) is 2. The molecule has 0 aromatic heterocycles. The van der Waals surface area contributed by atoms with E-state index < -0.39 is 5.97 Å². The third-order valence-electron chi connectivity index (χ3n) is 3.89. The lowest BCUT2D eigenvalue weighted by Crippen LogP contribution is -2.08. The van der Waals surface area contributed by atoms with Gasteiger partial charge in [-0.1, -0.05) is 36.4 Å². The van der Waals surface area contributed by atoms with Crippen LogP contribution in [0, 0.1) is 11.3 Å². The van der Waals surface area contributed by atoms with Crippen LogP contribution in [0.5, 0.6) is 5.75 Å². The fraction of sp³-hybridized carbons (Fsp3) is 0.0909. The highest BCUT2D eigenvalue weighted by Gasteiger charge is 2.09. The number of nitriles is 1. The van der Waals surface area contributed by atoms with Gasteiger partial charge in [0.15, 0.2) is 0 Å². The number of hydrogen-bond donors (Lipinski definition) is 0. The van der Waals surface area contributed by atoms with Gasteiger partial charge in [-0.25, -0.2) is 4.79 Å². The zero-order valence-electron chi connectivity index (χ0n) is 14.3. The molecule has 3 aromatic rings. The van der Waals surface area contributed by atoms with E-state index in [-0.39, 0.29) is 0 Å². The van der Waals surface area contributed by atoms with Crippen LogP contribution in [-0.2, 0) is 11.3 Å². The number of hydrogen-bond acceptors (Lipinski definition) is 4. The number of benzene rings is 3. The minimum Gasteiger partial charge on any atom is -0.423 e. The van der Waals surface area contributed by atoms with Crippen LogP contribution in [0.25, 0.3) is 11.1 Å². The van der Waals surface area contributed by atoms with Gasteiger partial charge in [-0.15, -0.1) is 0 Å². The zero-order chi connectivity index (χ0) is 18.4. The van der Waals surface area contributed by atoms with E-state index in [0.29, 0.717) is 23.5 Å². The van der Waals surface area contributed by atoms with Gasteiger partial charge in [0.1, 0.15) is 5.75 Å². The Bertz CT molecular complexity index is 938. The molecular formula is C22H17NO3. The monoisotopic (exact) mass is 343 g/mol. The Hall–Kier alpha value is -3.42. The topological polar surface area (TPSA) is 59.3 Å². The molecule has 4 heteroatoms. The Balaban J connectivity index is 1.71. The maximum atomic E-state index is 12.3. The molecule has 0 radical (unpaired) electrons. The Morgan fingerprint density at radius 1 is 0.962 bits per heavy atom. The summed E-state index contributed by atoms with van der Waals surface area (Å²) in [4.78, 5) is 12.3. The third-order valence-corrected chi connectivity index (χ3v) is 3.89. The summed E-state index contributed by atoms with van der Waals surface area (Å²) in [6, 6.07) is 23.9. The van der Waals surface area contributed by atoms with Crippen molar-refractivity contribution >= 4 is 5.97 Å². The van der Waals surface area contributed by atoms with Gasteiger partial charge >= 0.3 is 5.97 Å². The number of esters is 1. The van der Waals surface area contributed by atoms with Crippen molar-refractivity contribution in [1.82, 2.24) is 0 Å². The largest absolute Gasteiger partial charge is 0.423 e. The van der Waals surface area contributed by atoms with E-state index in [4.69, 9.17) is 14.7 Å². The Kier molecular flexibility index (Phi) is 5.43. The summed E-state index contributed by atoms with van der Waals surface area (Å²) < 4.78 is 10.5. The standard InChI is InChI=1S/C22H17NO3/c1-25-15-17-3-2-4-20(13-17)22(24)26-21-11-9-19(10-12-21)18-7-5-16(14-23)6-8-18/h2-13H,15H2,1H3. The highest BCUT2D eigenvalue weighted by molar-refractivity contribution is 5.91. The minimum atomic E-state index is -0.408. The van der Waals surface area contributed by atoms with Gasteiger partial charge < -0.3 is 9.47 Å². The summed E-state index contributed by atoms with van der Waals surface area (Å²) in [6.45, 7) is 0.445. The molecule has 0 bridgehead atoms. The van der Waals surface area contributed by atoms with Crippen LogP contribution in [0.4, 0.5) is 0 Å². The number of carbonyl (C=O) groups excluding carboxylic acids is 1. The van der Waals surface area contributed by atoms with E-state index in [9.17, 15) is 4.79 Å². The molecule has 0 amide bonds. The fourth-order valence-corrected chi connectivity index (χ4v) is 2.57. The second-order valence-corrected chi connectivity index (χ2v) is 5.74. The summed E-state index contributed by atoms with van der Waals surface area (Å²) in [5.41, 5.74) is 3.99. The summed E-state index contributed by atoms with van der Waals surface area (Å²) in [7, 11) is 1.61. The lowest BCUT2D eigenvalue weighted by molar-refractivity contribution is 0.0734. The quantitative estimate of drug-likeness (QED) is 0.502. The average molecular weight is 343 g/mol. The van der Waals surface area contributed by atoms with Crippen LogP contribution in [0.2, 0.25) is 0 Å². The molecule has 0 aliphatic heterocycles. The Morgan fingerprint density at radius 3 is 2.23 bits per heavy atom. The van der Waals surface area contributed by atoms with Crippen LogP contribution in [0.15, 0.2) is 72.8 Å². The first-order valence-corrected chi connectivity index (χ1v) is 8.10. The first kappa shape index (κ1) is 17.4. The normalized spacial score (nSPS) is 10.2. The Labute approximate surface area is 152 Å². The summed E-state index contributed by atoms with van der Waals surface area (Å²) in [5.74, 6) is 0.0682. The van der Waals surface area contributed by atoms with Crippen molar-refractivity contribution in [2.45, 2.75) is 6.61 Å². The van der Waals surface area contributed by atoms with Crippen molar-refractivity contribution in [3.05, 3.63) is 89.5 Å². The Morgan fingerprint density at radius 2 is 1.62 bits per heavy atom. The van der Waals surface area contributed by atoms with Gasteiger partial charge in [0, 0.05) is 7.11 Å². The van der Waals surface area contributed by atoms with E-state index >= 15 is 0 Å². The molecule has 0 heterocycles. The molecule has 0 spiro atoms. The SMILES string of the molecule is COCc1cccc(C(=O)Oc2ccc(-c3ccc(C#N)cc3)cc2)c1. The molecule has 0 aliphatic carbocycles. The van der Waals surface area contributed by atoms with E-state index in [1.165, 1.54) is 0 Å². The van der Waals surface area contributed by atoms with E-state index in [2.05, 4.69) is 6.07 Å². The number of methoxy groups -OCH3 is 1. The number of carbonyl (C=O) groups is 1. The molecule has 4 nitrogen and oxygen atoms in total. The smallest absolute Gasteiger partial charge is 0.343 e. The molecule has 0 aliphatic rings. The highest BCUT2D eigenvalue weighted by Crippen LogP contribution is 2.23. The minimum absolute atomic E-state index is 0.408. The average Bonchev–Trinajstić information content (AvgIpc) is 2.69. The van der Waals surface area contributed by atoms with Crippen LogP contribution >= 0.6 is 0 Å². The molecule has 26 heavy (non-hydrogen) atoms. The van der Waals surface area contributed by atoms with Crippen LogP contribution < -0.4 is 4.74 Å². The van der Waals surface area contributed by atoms with E-state index in [1.54, 1.807) is 49.6 Å². The maximum absolute atomic E-state index is 12.3. The molecule has 0 saturated carbocycles. The molecule has 3 rings (SSSR count). The predicted octanol–water partition coefficient (Wildman–Crippen LogP) is 4.59. The van der Waals surface area contributed by atoms with Crippen molar-refractivity contribution in [2.75, 3.05) is 7.11 Å². The maximum Gasteiger partial charge on any atom is 0.343 e. The first-order chi connectivity index (χ1) is 12.7. The summed E-state index contributed by atoms with van der Waals surface area (Å²) in [5, 5.41) is 8.85. The van der Waals surface area contributed by atoms with Crippen molar-refractivity contribution in [1.29, 1.82) is 5.26 Å².